The van der Waals surface area contributed by atoms with Gasteiger partial charge < -0.3 is 15.5 Å². The molecule has 2 aliphatic heterocycles. The molecule has 2 saturated heterocycles. The molecule has 1 aliphatic carbocycles. The maximum absolute atomic E-state index is 14.3. The Morgan fingerprint density at radius 1 is 1.11 bits per heavy atom. The number of benzene rings is 1. The summed E-state index contributed by atoms with van der Waals surface area (Å²) in [6.07, 6.45) is 9.39. The highest BCUT2D eigenvalue weighted by Gasteiger charge is 2.40. The number of pyridine rings is 1. The van der Waals surface area contributed by atoms with Crippen LogP contribution in [0.5, 0.6) is 0 Å². The van der Waals surface area contributed by atoms with Gasteiger partial charge >= 0.3 is 0 Å². The molecule has 3 aromatic rings. The zero-order chi connectivity index (χ0) is 24.8. The largest absolute Gasteiger partial charge is 0.392 e. The van der Waals surface area contributed by atoms with Crippen molar-refractivity contribution in [3.8, 4) is 11.1 Å². The zero-order valence-corrected chi connectivity index (χ0v) is 20.7. The molecule has 0 saturated carbocycles. The lowest BCUT2D eigenvalue weighted by Crippen LogP contribution is -2.42. The fourth-order valence-electron chi connectivity index (χ4n) is 6.37. The van der Waals surface area contributed by atoms with Gasteiger partial charge in [-0.2, -0.15) is 0 Å². The SMILES string of the molecule is Cc1nc(N)nc2c1/C(=N/OC1C[C@H]3CC[C@@H](C1)N3C)CC(c1ccc(F)cc1-c1cccnc1)C2. The van der Waals surface area contributed by atoms with E-state index in [9.17, 15) is 4.39 Å². The number of hydrogen-bond donors (Lipinski definition) is 1. The van der Waals surface area contributed by atoms with Gasteiger partial charge in [0.25, 0.3) is 0 Å². The van der Waals surface area contributed by atoms with Crippen molar-refractivity contribution in [1.82, 2.24) is 19.9 Å². The Hall–Kier alpha value is -3.39. The van der Waals surface area contributed by atoms with Gasteiger partial charge in [0.05, 0.1) is 17.1 Å². The summed E-state index contributed by atoms with van der Waals surface area (Å²) < 4.78 is 14.3. The maximum atomic E-state index is 14.3. The van der Waals surface area contributed by atoms with Crippen LogP contribution in [0.2, 0.25) is 0 Å². The van der Waals surface area contributed by atoms with E-state index in [1.54, 1.807) is 18.5 Å². The second-order valence-corrected chi connectivity index (χ2v) is 10.4. The molecule has 4 atom stereocenters. The third-order valence-electron chi connectivity index (χ3n) is 8.14. The maximum Gasteiger partial charge on any atom is 0.220 e. The Morgan fingerprint density at radius 3 is 2.67 bits per heavy atom. The first kappa shape index (κ1) is 23.0. The van der Waals surface area contributed by atoms with Crippen LogP contribution in [-0.2, 0) is 11.3 Å². The lowest BCUT2D eigenvalue weighted by Gasteiger charge is -2.35. The molecule has 4 heterocycles. The van der Waals surface area contributed by atoms with E-state index < -0.39 is 0 Å². The molecule has 2 N–H and O–H groups in total. The third kappa shape index (κ3) is 4.23. The van der Waals surface area contributed by atoms with Gasteiger partial charge in [0.1, 0.15) is 11.9 Å². The molecule has 1 aromatic carbocycles. The lowest BCUT2D eigenvalue weighted by atomic mass is 9.78. The number of nitrogen functional groups attached to an aromatic ring is 1. The number of aromatic nitrogens is 3. The van der Waals surface area contributed by atoms with Gasteiger partial charge in [0, 0.05) is 54.9 Å². The lowest BCUT2D eigenvalue weighted by molar-refractivity contribution is -0.00993. The molecule has 2 bridgehead atoms. The van der Waals surface area contributed by atoms with E-state index in [1.807, 2.05) is 25.1 Å². The number of anilines is 1. The van der Waals surface area contributed by atoms with Gasteiger partial charge in [-0.05, 0) is 68.5 Å². The minimum absolute atomic E-state index is 0.0398. The van der Waals surface area contributed by atoms with Gasteiger partial charge in [0.15, 0.2) is 0 Å². The minimum Gasteiger partial charge on any atom is -0.392 e. The summed E-state index contributed by atoms with van der Waals surface area (Å²) in [6.45, 7) is 1.95. The van der Waals surface area contributed by atoms with Crippen molar-refractivity contribution < 1.29 is 9.23 Å². The smallest absolute Gasteiger partial charge is 0.220 e. The van der Waals surface area contributed by atoms with Gasteiger partial charge in [-0.25, -0.2) is 14.4 Å². The molecule has 186 valence electrons. The number of oxime groups is 1. The van der Waals surface area contributed by atoms with Crippen molar-refractivity contribution in [3.63, 3.8) is 0 Å². The first-order valence-electron chi connectivity index (χ1n) is 12.7. The first-order chi connectivity index (χ1) is 17.5. The molecule has 7 nitrogen and oxygen atoms in total. The van der Waals surface area contributed by atoms with Crippen LogP contribution in [0.25, 0.3) is 11.1 Å². The Morgan fingerprint density at radius 2 is 1.92 bits per heavy atom. The summed E-state index contributed by atoms with van der Waals surface area (Å²) in [5.41, 5.74) is 12.2. The summed E-state index contributed by atoms with van der Waals surface area (Å²) in [5.74, 6) is 0.0222. The second-order valence-electron chi connectivity index (χ2n) is 10.4. The van der Waals surface area contributed by atoms with Crippen LogP contribution >= 0.6 is 0 Å². The predicted molar refractivity (Wildman–Crippen MR) is 137 cm³/mol. The van der Waals surface area contributed by atoms with Crippen molar-refractivity contribution in [3.05, 3.63) is 71.1 Å². The molecule has 8 heteroatoms. The quantitative estimate of drug-likeness (QED) is 0.540. The zero-order valence-electron chi connectivity index (χ0n) is 20.7. The Kier molecular flexibility index (Phi) is 5.91. The van der Waals surface area contributed by atoms with E-state index in [0.29, 0.717) is 24.9 Å². The summed E-state index contributed by atoms with van der Waals surface area (Å²) >= 11 is 0. The van der Waals surface area contributed by atoms with Gasteiger partial charge in [-0.3, -0.25) is 4.98 Å². The molecule has 2 aromatic heterocycles. The van der Waals surface area contributed by atoms with Crippen LogP contribution in [0.15, 0.2) is 47.9 Å². The Balaban J connectivity index is 1.36. The van der Waals surface area contributed by atoms with Crippen LogP contribution in [0.1, 0.15) is 60.5 Å². The number of piperidine rings is 1. The molecular weight excluding hydrogens is 455 g/mol. The summed E-state index contributed by atoms with van der Waals surface area (Å²) in [5, 5.41) is 4.75. The molecule has 0 spiro atoms. The van der Waals surface area contributed by atoms with Gasteiger partial charge in [-0.1, -0.05) is 17.3 Å². The van der Waals surface area contributed by atoms with Crippen molar-refractivity contribution in [2.75, 3.05) is 12.8 Å². The second kappa shape index (κ2) is 9.24. The standard InChI is InChI=1S/C28H31FN6O/c1-16-27-25(33-28(30)32-16)10-18(23-8-5-19(29)12-24(23)17-4-3-9-31-15-17)11-26(27)34-36-22-13-20-6-7-21(14-22)35(20)2/h3-5,8-9,12,15,18,20-22H,6-7,10-11,13-14H2,1-2H3,(H2,30,32,33)/b34-26+/t18?,20-,21+,22?. The highest BCUT2D eigenvalue weighted by molar-refractivity contribution is 6.03. The highest BCUT2D eigenvalue weighted by atomic mass is 19.1. The molecule has 2 unspecified atom stereocenters. The molecule has 0 amide bonds. The van der Waals surface area contributed by atoms with Crippen molar-refractivity contribution in [1.29, 1.82) is 0 Å². The number of nitrogens with zero attached hydrogens (tertiary/aromatic N) is 5. The number of fused-ring (bicyclic) bond motifs is 3. The van der Waals surface area contributed by atoms with Crippen LogP contribution < -0.4 is 5.73 Å². The van der Waals surface area contributed by atoms with Crippen LogP contribution in [0.3, 0.4) is 0 Å². The fraction of sp³-hybridized carbons (Fsp3) is 0.429. The van der Waals surface area contributed by atoms with Crippen LogP contribution in [-0.4, -0.2) is 50.8 Å². The topological polar surface area (TPSA) is 89.5 Å². The van der Waals surface area contributed by atoms with E-state index in [-0.39, 0.29) is 23.8 Å². The minimum atomic E-state index is -0.273. The number of rotatable bonds is 4. The van der Waals surface area contributed by atoms with E-state index in [1.165, 1.54) is 18.9 Å². The molecule has 3 aliphatic rings. The fourth-order valence-corrected chi connectivity index (χ4v) is 6.37. The number of hydrogen-bond acceptors (Lipinski definition) is 7. The summed E-state index contributed by atoms with van der Waals surface area (Å²) in [7, 11) is 2.22. The van der Waals surface area contributed by atoms with Crippen molar-refractivity contribution in [2.45, 2.75) is 69.6 Å². The summed E-state index contributed by atoms with van der Waals surface area (Å²) in [6, 6.07) is 9.96. The molecule has 36 heavy (non-hydrogen) atoms. The Bertz CT molecular complexity index is 1300. The van der Waals surface area contributed by atoms with Crippen LogP contribution in [0.4, 0.5) is 10.3 Å². The average Bonchev–Trinajstić information content (AvgIpc) is 3.07. The van der Waals surface area contributed by atoms with Gasteiger partial charge in [-0.15, -0.1) is 0 Å². The van der Waals surface area contributed by atoms with E-state index in [0.717, 1.165) is 52.2 Å². The van der Waals surface area contributed by atoms with E-state index in [4.69, 9.17) is 15.7 Å². The van der Waals surface area contributed by atoms with Gasteiger partial charge in [0.2, 0.25) is 5.95 Å². The predicted octanol–water partition coefficient (Wildman–Crippen LogP) is 4.64. The molecule has 6 rings (SSSR count). The number of nitrogens with two attached hydrogens (primary N) is 1. The molecule has 2 fully saturated rings. The summed E-state index contributed by atoms with van der Waals surface area (Å²) in [4.78, 5) is 22.0. The average molecular weight is 487 g/mol. The molecular formula is C28H31FN6O. The molecule has 0 radical (unpaired) electrons. The highest BCUT2D eigenvalue weighted by Crippen LogP contribution is 2.39. The van der Waals surface area contributed by atoms with Crippen molar-refractivity contribution in [2.24, 2.45) is 5.16 Å². The first-order valence-corrected chi connectivity index (χ1v) is 12.7. The van der Waals surface area contributed by atoms with E-state index in [2.05, 4.69) is 26.9 Å². The monoisotopic (exact) mass is 486 g/mol. The van der Waals surface area contributed by atoms with Crippen molar-refractivity contribution >= 4 is 11.7 Å². The number of aryl methyl sites for hydroxylation is 1. The normalized spacial score (nSPS) is 26.7. The van der Waals surface area contributed by atoms with E-state index >= 15 is 0 Å². The third-order valence-corrected chi connectivity index (χ3v) is 8.14. The number of halogens is 1. The Labute approximate surface area is 210 Å². The van der Waals surface area contributed by atoms with Crippen LogP contribution in [0, 0.1) is 12.7 Å².